The number of ketones is 1. The second kappa shape index (κ2) is 26.0. The Labute approximate surface area is 286 Å². The molecule has 0 aromatic heterocycles. The highest BCUT2D eigenvalue weighted by molar-refractivity contribution is 8.14. The van der Waals surface area contributed by atoms with Crippen LogP contribution in [0.1, 0.15) is 99.1 Å². The Morgan fingerprint density at radius 1 is 1.02 bits per heavy atom. The summed E-state index contributed by atoms with van der Waals surface area (Å²) in [6.45, 7) is 23.7. The van der Waals surface area contributed by atoms with Gasteiger partial charge < -0.3 is 0 Å². The van der Waals surface area contributed by atoms with Gasteiger partial charge in [-0.25, -0.2) is 4.39 Å². The van der Waals surface area contributed by atoms with E-state index in [1.165, 1.54) is 78.8 Å². The predicted molar refractivity (Wildman–Crippen MR) is 202 cm³/mol. The fraction of sp³-hybridized carbons (Fsp3) is 0.475. The average Bonchev–Trinajstić information content (AvgIpc) is 3.87. The molecule has 2 aromatic rings. The first-order valence-electron chi connectivity index (χ1n) is 16.3. The summed E-state index contributed by atoms with van der Waals surface area (Å²) in [5.41, 5.74) is 7.18. The van der Waals surface area contributed by atoms with Gasteiger partial charge in [-0.2, -0.15) is 23.7 Å². The zero-order valence-corrected chi connectivity index (χ0v) is 31.1. The maximum Gasteiger partial charge on any atom is 0.386 e. The molecule has 7 heteroatoms. The number of carbonyl (C=O) groups excluding carboxylic acids is 1. The molecule has 2 aromatic carbocycles. The van der Waals surface area contributed by atoms with Gasteiger partial charge in [0, 0.05) is 30.7 Å². The monoisotopic (exact) mass is 677 g/mol. The standard InChI is InChI=1S/C22H33NS.C9H9FO.C5H8.C2H3F3.C2H6/c1-6-24(5)16-10-11-17(2)19(4)23-22(21-14-15-21)18(3)20-12-8-7-9-13-20;1-7(11)6-8-2-4-9(10)5-3-8;1-4-5(2)3;1-2(3,4)5;1-2/h7-9,12-13,17,21H,5-6,10-11,14-16H2,1-4H3;2-5H,6H2,1H3;4H,1-2H2,3H3;1H3;1-2H3/b22-18+,23-19?;;;;. The van der Waals surface area contributed by atoms with Gasteiger partial charge in [0.2, 0.25) is 0 Å². The topological polar surface area (TPSA) is 29.4 Å². The Morgan fingerprint density at radius 3 is 1.91 bits per heavy atom. The third-order valence-corrected chi connectivity index (χ3v) is 8.44. The van der Waals surface area contributed by atoms with Crippen molar-refractivity contribution in [2.45, 2.75) is 101 Å². The first-order valence-corrected chi connectivity index (χ1v) is 18.1. The van der Waals surface area contributed by atoms with Crippen molar-refractivity contribution < 1.29 is 22.4 Å². The molecule has 1 saturated carbocycles. The molecule has 0 bridgehead atoms. The highest BCUT2D eigenvalue weighted by Crippen LogP contribution is 2.41. The van der Waals surface area contributed by atoms with Gasteiger partial charge in [-0.15, -0.1) is 0 Å². The van der Waals surface area contributed by atoms with Gasteiger partial charge in [0.15, 0.2) is 0 Å². The summed E-state index contributed by atoms with van der Waals surface area (Å²) in [6.07, 6.45) is 3.21. The molecule has 0 N–H and O–H groups in total. The molecule has 2 unspecified atom stereocenters. The Bertz CT molecular complexity index is 1250. The minimum atomic E-state index is -4.00. The van der Waals surface area contributed by atoms with Crippen LogP contribution in [0, 0.1) is 17.7 Å². The van der Waals surface area contributed by atoms with Gasteiger partial charge in [0.05, 0.1) is 0 Å². The Balaban J connectivity index is 0. The summed E-state index contributed by atoms with van der Waals surface area (Å²) in [7, 11) is 0.354. The second-order valence-corrected chi connectivity index (χ2v) is 13.6. The van der Waals surface area contributed by atoms with E-state index in [0.29, 0.717) is 28.7 Å². The smallest absolute Gasteiger partial charge is 0.300 e. The number of alkyl halides is 3. The maximum absolute atomic E-state index is 12.3. The van der Waals surface area contributed by atoms with Crippen molar-refractivity contribution in [1.82, 2.24) is 0 Å². The van der Waals surface area contributed by atoms with E-state index in [0.717, 1.165) is 11.1 Å². The Morgan fingerprint density at radius 2 is 1.51 bits per heavy atom. The fourth-order valence-corrected chi connectivity index (χ4v) is 4.67. The number of hydrogen-bond donors (Lipinski definition) is 0. The Hall–Kier alpha value is -3.06. The van der Waals surface area contributed by atoms with Crippen LogP contribution < -0.4 is 0 Å². The number of hydrogen-bond acceptors (Lipinski definition) is 2. The van der Waals surface area contributed by atoms with Crippen LogP contribution in [0.5, 0.6) is 0 Å². The van der Waals surface area contributed by atoms with Gasteiger partial charge >= 0.3 is 6.18 Å². The zero-order valence-electron chi connectivity index (χ0n) is 30.3. The summed E-state index contributed by atoms with van der Waals surface area (Å²) in [5.74, 6) is 7.78. The number of nitrogens with zero attached hydrogens (tertiary/aromatic N) is 1. The van der Waals surface area contributed by atoms with Crippen molar-refractivity contribution in [2.75, 3.05) is 11.5 Å². The predicted octanol–water partition coefficient (Wildman–Crippen LogP) is 12.7. The first-order chi connectivity index (χ1) is 22.0. The highest BCUT2D eigenvalue weighted by Gasteiger charge is 2.28. The maximum atomic E-state index is 12.3. The van der Waals surface area contributed by atoms with E-state index < -0.39 is 6.18 Å². The van der Waals surface area contributed by atoms with Crippen LogP contribution in [0.15, 0.2) is 90.1 Å². The van der Waals surface area contributed by atoms with E-state index in [4.69, 9.17) is 4.99 Å². The van der Waals surface area contributed by atoms with E-state index in [1.54, 1.807) is 18.2 Å². The molecular formula is C40H59F4NOS. The first kappa shape index (κ1) is 46.1. The molecule has 0 amide bonds. The molecule has 1 aliphatic carbocycles. The minimum Gasteiger partial charge on any atom is -0.300 e. The van der Waals surface area contributed by atoms with Gasteiger partial charge in [-0.05, 0) is 99.6 Å². The molecule has 2 atom stereocenters. The summed E-state index contributed by atoms with van der Waals surface area (Å²) in [5, 5.41) is 0. The molecule has 0 aliphatic heterocycles. The fourth-order valence-electron chi connectivity index (χ4n) is 3.81. The molecule has 1 aliphatic rings. The van der Waals surface area contributed by atoms with Gasteiger partial charge in [-0.3, -0.25) is 9.79 Å². The summed E-state index contributed by atoms with van der Waals surface area (Å²) in [6, 6.07) is 16.7. The molecule has 264 valence electrons. The lowest BCUT2D eigenvalue weighted by Crippen LogP contribution is -2.09. The number of Topliss-reactive ketones (excluding diaryl/α,β-unsaturated/α-hetero) is 1. The van der Waals surface area contributed by atoms with E-state index >= 15 is 0 Å². The van der Waals surface area contributed by atoms with Crippen molar-refractivity contribution in [2.24, 2.45) is 16.8 Å². The van der Waals surface area contributed by atoms with Gasteiger partial charge in [0.1, 0.15) is 11.6 Å². The molecule has 1 fully saturated rings. The van der Waals surface area contributed by atoms with Crippen LogP contribution >= 0.6 is 10.5 Å². The van der Waals surface area contributed by atoms with Crippen molar-refractivity contribution in [3.63, 3.8) is 0 Å². The van der Waals surface area contributed by atoms with E-state index in [2.05, 4.69) is 77.1 Å². The summed E-state index contributed by atoms with van der Waals surface area (Å²) >= 11 is 0. The van der Waals surface area contributed by atoms with E-state index in [9.17, 15) is 22.4 Å². The SMILES string of the molecule is C=CC(=C)C.C=S(CC)CCCC(C)C(C)=N/C(=C(\C)c1ccccc1)C1CC1.CC.CC(=O)Cc1ccc(F)cc1.CC(F)(F)F. The van der Waals surface area contributed by atoms with E-state index in [-0.39, 0.29) is 18.5 Å². The lowest BCUT2D eigenvalue weighted by Gasteiger charge is -2.15. The molecule has 3 rings (SSSR count). The number of allylic oxidation sites excluding steroid dienone is 4. The molecule has 0 spiro atoms. The number of rotatable bonds is 12. The molecule has 47 heavy (non-hydrogen) atoms. The van der Waals surface area contributed by atoms with Crippen LogP contribution in [-0.4, -0.2) is 35.0 Å². The molecule has 2 nitrogen and oxygen atoms in total. The van der Waals surface area contributed by atoms with Crippen molar-refractivity contribution in [3.05, 3.63) is 102 Å². The van der Waals surface area contributed by atoms with Crippen LogP contribution in [0.25, 0.3) is 5.57 Å². The lowest BCUT2D eigenvalue weighted by molar-refractivity contribution is -0.116. The average molecular weight is 678 g/mol. The van der Waals surface area contributed by atoms with Gasteiger partial charge in [-0.1, -0.05) is 101 Å². The zero-order chi connectivity index (χ0) is 36.6. The normalized spacial score (nSPS) is 14.0. The summed E-state index contributed by atoms with van der Waals surface area (Å²) in [4.78, 5) is 15.7. The van der Waals surface area contributed by atoms with Crippen LogP contribution in [0.3, 0.4) is 0 Å². The Kier molecular flexibility index (Phi) is 25.4. The second-order valence-electron chi connectivity index (χ2n) is 11.4. The molecule has 0 radical (unpaired) electrons. The quantitative estimate of drug-likeness (QED) is 0.0951. The van der Waals surface area contributed by atoms with Crippen LogP contribution in [-0.2, 0) is 11.2 Å². The number of halogens is 4. The van der Waals surface area contributed by atoms with Gasteiger partial charge in [0.25, 0.3) is 0 Å². The molecular weight excluding hydrogens is 619 g/mol. The van der Waals surface area contributed by atoms with Crippen molar-refractivity contribution in [1.29, 1.82) is 0 Å². The third kappa shape index (κ3) is 26.7. The van der Waals surface area contributed by atoms with Crippen LogP contribution in [0.2, 0.25) is 0 Å². The lowest BCUT2D eigenvalue weighted by atomic mass is 9.99. The highest BCUT2D eigenvalue weighted by atomic mass is 32.2. The largest absolute Gasteiger partial charge is 0.386 e. The third-order valence-electron chi connectivity index (χ3n) is 6.76. The van der Waals surface area contributed by atoms with Crippen molar-refractivity contribution >= 4 is 33.4 Å². The van der Waals surface area contributed by atoms with Crippen molar-refractivity contribution in [3.8, 4) is 0 Å². The number of benzene rings is 2. The molecule has 0 heterocycles. The molecule has 0 saturated heterocycles. The number of carbonyl (C=O) groups is 1. The summed E-state index contributed by atoms with van der Waals surface area (Å²) < 4.78 is 43.4. The van der Waals surface area contributed by atoms with E-state index in [1.807, 2.05) is 20.8 Å². The van der Waals surface area contributed by atoms with Crippen LogP contribution in [0.4, 0.5) is 17.6 Å². The number of aliphatic imine (C=N–C) groups is 1. The minimum absolute atomic E-state index is 0.0941.